The topological polar surface area (TPSA) is 20.3 Å². The highest BCUT2D eigenvalue weighted by Gasteiger charge is 2.35. The molecule has 1 aromatic carbocycles. The summed E-state index contributed by atoms with van der Waals surface area (Å²) in [5.41, 5.74) is 3.29. The van der Waals surface area contributed by atoms with Crippen molar-refractivity contribution in [3.63, 3.8) is 0 Å². The van der Waals surface area contributed by atoms with Gasteiger partial charge in [0.25, 0.3) is 0 Å². The Morgan fingerprint density at radius 3 is 2.56 bits per heavy atom. The number of hydrogen-bond acceptors (Lipinski definition) is 2. The number of anilines is 1. The van der Waals surface area contributed by atoms with Gasteiger partial charge in [0.05, 0.1) is 17.3 Å². The van der Waals surface area contributed by atoms with E-state index in [1.165, 1.54) is 0 Å². The van der Waals surface area contributed by atoms with E-state index in [2.05, 4.69) is 31.7 Å². The van der Waals surface area contributed by atoms with E-state index in [4.69, 9.17) is 11.6 Å². The quantitative estimate of drug-likeness (QED) is 0.767. The molecule has 1 aliphatic heterocycles. The number of piperidine rings is 1. The fourth-order valence-corrected chi connectivity index (χ4v) is 3.10. The molecule has 1 aromatic rings. The number of nitrogens with zero attached hydrogens (tertiary/aromatic N) is 1. The van der Waals surface area contributed by atoms with Crippen molar-refractivity contribution in [2.45, 2.75) is 46.1 Å². The maximum Gasteiger partial charge on any atom is 0.152 e. The van der Waals surface area contributed by atoms with E-state index in [1.807, 2.05) is 13.0 Å². The fraction of sp³-hybridized carbons (Fsp3) is 0.533. The van der Waals surface area contributed by atoms with Gasteiger partial charge in [-0.25, -0.2) is 0 Å². The first-order valence-corrected chi connectivity index (χ1v) is 6.75. The zero-order valence-corrected chi connectivity index (χ0v) is 12.3. The van der Waals surface area contributed by atoms with Gasteiger partial charge >= 0.3 is 0 Å². The van der Waals surface area contributed by atoms with Crippen LogP contribution in [0.1, 0.15) is 37.8 Å². The van der Waals surface area contributed by atoms with Crippen molar-refractivity contribution in [1.29, 1.82) is 0 Å². The van der Waals surface area contributed by atoms with E-state index in [9.17, 15) is 4.79 Å². The van der Waals surface area contributed by atoms with E-state index >= 15 is 0 Å². The predicted molar refractivity (Wildman–Crippen MR) is 76.6 cm³/mol. The molecular formula is C15H20ClNO. The van der Waals surface area contributed by atoms with E-state index in [0.29, 0.717) is 18.7 Å². The van der Waals surface area contributed by atoms with Gasteiger partial charge in [0.15, 0.2) is 5.78 Å². The van der Waals surface area contributed by atoms with Crippen LogP contribution in [0.25, 0.3) is 0 Å². The van der Waals surface area contributed by atoms with Crippen LogP contribution in [0.4, 0.5) is 5.69 Å². The Balaban J connectivity index is 2.49. The minimum Gasteiger partial charge on any atom is -0.358 e. The number of benzene rings is 1. The van der Waals surface area contributed by atoms with Gasteiger partial charge in [0, 0.05) is 12.0 Å². The lowest BCUT2D eigenvalue weighted by molar-refractivity contribution is -0.119. The highest BCUT2D eigenvalue weighted by molar-refractivity contribution is 6.33. The van der Waals surface area contributed by atoms with Crippen molar-refractivity contribution in [3.05, 3.63) is 28.3 Å². The van der Waals surface area contributed by atoms with E-state index in [0.717, 1.165) is 28.3 Å². The SMILES string of the molecule is Cc1cc(C)c(N2CC(=O)CCC2(C)C)c(Cl)c1. The summed E-state index contributed by atoms with van der Waals surface area (Å²) in [6.07, 6.45) is 1.56. The molecule has 2 rings (SSSR count). The second kappa shape index (κ2) is 4.58. The van der Waals surface area contributed by atoms with Crippen LogP contribution in [0, 0.1) is 13.8 Å². The third-order valence-corrected chi connectivity index (χ3v) is 4.04. The maximum atomic E-state index is 11.7. The molecule has 18 heavy (non-hydrogen) atoms. The smallest absolute Gasteiger partial charge is 0.152 e. The first kappa shape index (κ1) is 13.4. The highest BCUT2D eigenvalue weighted by Crippen LogP contribution is 2.38. The molecule has 1 saturated heterocycles. The fourth-order valence-electron chi connectivity index (χ4n) is 2.68. The average Bonchev–Trinajstić information content (AvgIpc) is 2.22. The Bertz CT molecular complexity index is 470. The van der Waals surface area contributed by atoms with Crippen LogP contribution in [-0.4, -0.2) is 17.9 Å². The van der Waals surface area contributed by atoms with Crippen molar-refractivity contribution >= 4 is 23.1 Å². The summed E-state index contributed by atoms with van der Waals surface area (Å²) >= 11 is 6.39. The zero-order chi connectivity index (χ0) is 13.5. The van der Waals surface area contributed by atoms with Crippen LogP contribution >= 0.6 is 11.6 Å². The lowest BCUT2D eigenvalue weighted by Gasteiger charge is -2.44. The van der Waals surface area contributed by atoms with Crippen LogP contribution in [0.3, 0.4) is 0 Å². The number of halogens is 1. The monoisotopic (exact) mass is 265 g/mol. The molecule has 0 spiro atoms. The number of aryl methyl sites for hydroxylation is 2. The first-order chi connectivity index (χ1) is 8.31. The molecular weight excluding hydrogens is 246 g/mol. The second-order valence-corrected chi connectivity index (χ2v) is 6.26. The highest BCUT2D eigenvalue weighted by atomic mass is 35.5. The Kier molecular flexibility index (Phi) is 3.41. The van der Waals surface area contributed by atoms with Gasteiger partial charge in [-0.2, -0.15) is 0 Å². The summed E-state index contributed by atoms with van der Waals surface area (Å²) in [4.78, 5) is 13.9. The molecule has 0 bridgehead atoms. The molecule has 0 unspecified atom stereocenters. The molecule has 0 N–H and O–H groups in total. The molecule has 0 aliphatic carbocycles. The van der Waals surface area contributed by atoms with Crippen LogP contribution in [-0.2, 0) is 4.79 Å². The summed E-state index contributed by atoms with van der Waals surface area (Å²) in [6, 6.07) is 4.09. The van der Waals surface area contributed by atoms with Gasteiger partial charge in [-0.05, 0) is 51.3 Å². The van der Waals surface area contributed by atoms with Crippen molar-refractivity contribution in [2.75, 3.05) is 11.4 Å². The number of Topliss-reactive ketones (excluding diaryl/α,β-unsaturated/α-hetero) is 1. The lowest BCUT2D eigenvalue weighted by atomic mass is 9.88. The van der Waals surface area contributed by atoms with Crippen LogP contribution < -0.4 is 4.90 Å². The molecule has 1 aliphatic rings. The van der Waals surface area contributed by atoms with E-state index in [1.54, 1.807) is 0 Å². The molecule has 98 valence electrons. The molecule has 1 heterocycles. The largest absolute Gasteiger partial charge is 0.358 e. The predicted octanol–water partition coefficient (Wildman–Crippen LogP) is 3.90. The lowest BCUT2D eigenvalue weighted by Crippen LogP contribution is -2.51. The Morgan fingerprint density at radius 2 is 1.94 bits per heavy atom. The van der Waals surface area contributed by atoms with E-state index in [-0.39, 0.29) is 5.54 Å². The standard InChI is InChI=1S/C15H20ClNO/c1-10-7-11(2)14(13(16)8-10)17-9-12(18)5-6-15(17,3)4/h7-8H,5-6,9H2,1-4H3. The van der Waals surface area contributed by atoms with Crippen LogP contribution in [0.2, 0.25) is 5.02 Å². The number of carbonyl (C=O) groups is 1. The summed E-state index contributed by atoms with van der Waals surface area (Å²) in [5.74, 6) is 0.297. The van der Waals surface area contributed by atoms with E-state index < -0.39 is 0 Å². The van der Waals surface area contributed by atoms with Crippen molar-refractivity contribution in [2.24, 2.45) is 0 Å². The maximum absolute atomic E-state index is 11.7. The zero-order valence-electron chi connectivity index (χ0n) is 11.5. The first-order valence-electron chi connectivity index (χ1n) is 6.37. The molecule has 0 saturated carbocycles. The van der Waals surface area contributed by atoms with Gasteiger partial charge in [0.2, 0.25) is 0 Å². The molecule has 3 heteroatoms. The number of hydrogen-bond donors (Lipinski definition) is 0. The molecule has 1 fully saturated rings. The minimum absolute atomic E-state index is 0.0163. The second-order valence-electron chi connectivity index (χ2n) is 5.85. The van der Waals surface area contributed by atoms with Gasteiger partial charge in [-0.1, -0.05) is 17.7 Å². The minimum atomic E-state index is -0.0163. The summed E-state index contributed by atoms with van der Waals surface area (Å²) in [6.45, 7) is 8.92. The van der Waals surface area contributed by atoms with Gasteiger partial charge < -0.3 is 4.90 Å². The Hall–Kier alpha value is -1.02. The van der Waals surface area contributed by atoms with Crippen LogP contribution in [0.5, 0.6) is 0 Å². The summed E-state index contributed by atoms with van der Waals surface area (Å²) in [5, 5.41) is 0.746. The molecule has 0 aromatic heterocycles. The van der Waals surface area contributed by atoms with Crippen molar-refractivity contribution in [1.82, 2.24) is 0 Å². The van der Waals surface area contributed by atoms with Gasteiger partial charge in [-0.3, -0.25) is 4.79 Å². The third kappa shape index (κ3) is 2.39. The molecule has 2 nitrogen and oxygen atoms in total. The van der Waals surface area contributed by atoms with Crippen LogP contribution in [0.15, 0.2) is 12.1 Å². The number of rotatable bonds is 1. The van der Waals surface area contributed by atoms with Gasteiger partial charge in [-0.15, -0.1) is 0 Å². The average molecular weight is 266 g/mol. The van der Waals surface area contributed by atoms with Crippen molar-refractivity contribution < 1.29 is 4.79 Å². The summed E-state index contributed by atoms with van der Waals surface area (Å²) < 4.78 is 0. The summed E-state index contributed by atoms with van der Waals surface area (Å²) in [7, 11) is 0. The van der Waals surface area contributed by atoms with Crippen molar-refractivity contribution in [3.8, 4) is 0 Å². The molecule has 0 atom stereocenters. The Labute approximate surface area is 114 Å². The normalized spacial score (nSPS) is 19.2. The van der Waals surface area contributed by atoms with Gasteiger partial charge in [0.1, 0.15) is 0 Å². The number of ketones is 1. The number of carbonyl (C=O) groups excluding carboxylic acids is 1. The molecule has 0 radical (unpaired) electrons. The third-order valence-electron chi connectivity index (χ3n) is 3.75. The molecule has 0 amide bonds. The Morgan fingerprint density at radius 1 is 1.28 bits per heavy atom.